The summed E-state index contributed by atoms with van der Waals surface area (Å²) in [4.78, 5) is 3.02. The van der Waals surface area contributed by atoms with Crippen LogP contribution in [-0.2, 0) is 20.6 Å². The van der Waals surface area contributed by atoms with Crippen LogP contribution in [0.4, 0.5) is 0 Å². The second-order valence-electron chi connectivity index (χ2n) is 8.49. The Labute approximate surface area is 199 Å². The van der Waals surface area contributed by atoms with Gasteiger partial charge in [-0.2, -0.15) is 5.26 Å². The normalized spacial score (nSPS) is 37.8. The molecule has 0 bridgehead atoms. The van der Waals surface area contributed by atoms with E-state index in [0.29, 0.717) is 16.5 Å². The van der Waals surface area contributed by atoms with Crippen molar-refractivity contribution < 1.29 is 54.7 Å². The fourth-order valence-electron chi connectivity index (χ4n) is 4.21. The highest BCUT2D eigenvalue weighted by molar-refractivity contribution is 5.89. The number of hydrogen-bond donors (Lipinski definition) is 8. The number of aromatic nitrogens is 1. The Morgan fingerprint density at radius 3 is 2.23 bits per heavy atom. The molecule has 2 saturated heterocycles. The van der Waals surface area contributed by atoms with E-state index in [2.05, 4.69) is 11.1 Å². The number of rotatable bonds is 7. The zero-order valence-corrected chi connectivity index (χ0v) is 18.4. The van der Waals surface area contributed by atoms with Gasteiger partial charge in [-0.15, -0.1) is 0 Å². The SMILES string of the molecule is N#CCc1c[nH]c2cccc(O[C@@H]3O[C@H](CO[C@@H]4O[C@H](CO)[C@@H](O)[C@@H](O)[C@H]4O)[C@@H](O)[C@@H](O)[C@H]3O)c12. The first kappa shape index (κ1) is 25.7. The van der Waals surface area contributed by atoms with Crippen LogP contribution in [0, 0.1) is 11.3 Å². The Kier molecular flexibility index (Phi) is 7.89. The third kappa shape index (κ3) is 4.99. The van der Waals surface area contributed by atoms with Gasteiger partial charge in [-0.3, -0.25) is 0 Å². The molecule has 2 aliphatic heterocycles. The number of aliphatic hydroxyl groups excluding tert-OH is 7. The molecule has 3 heterocycles. The lowest BCUT2D eigenvalue weighted by Gasteiger charge is -2.42. The maximum absolute atomic E-state index is 10.5. The van der Waals surface area contributed by atoms with Crippen LogP contribution in [0.15, 0.2) is 24.4 Å². The molecule has 0 saturated carbocycles. The molecule has 35 heavy (non-hydrogen) atoms. The first-order valence-corrected chi connectivity index (χ1v) is 11.0. The van der Waals surface area contributed by atoms with Crippen LogP contribution in [0.25, 0.3) is 10.9 Å². The molecule has 13 heteroatoms. The van der Waals surface area contributed by atoms with E-state index in [1.54, 1.807) is 24.4 Å². The minimum Gasteiger partial charge on any atom is -0.461 e. The molecule has 8 N–H and O–H groups in total. The van der Waals surface area contributed by atoms with Crippen molar-refractivity contribution in [3.63, 3.8) is 0 Å². The summed E-state index contributed by atoms with van der Waals surface area (Å²) in [6.45, 7) is -1.12. The standard InChI is InChI=1S/C22H28N2O11/c23-5-4-9-6-24-10-2-1-3-11(14(9)10)33-22-20(31)18(29)16(27)13(35-22)8-32-21-19(30)17(28)15(26)12(7-25)34-21/h1-3,6,12-13,15-22,24-31H,4,7-8H2/t12-,13-,15-,16-,17-,18-,19-,20-,21-,22-/m1/s1. The van der Waals surface area contributed by atoms with Crippen molar-refractivity contribution in [3.8, 4) is 11.8 Å². The molecule has 192 valence electrons. The molecule has 0 unspecified atom stereocenters. The van der Waals surface area contributed by atoms with Crippen molar-refractivity contribution in [1.82, 2.24) is 4.98 Å². The van der Waals surface area contributed by atoms with Gasteiger partial charge in [0, 0.05) is 17.1 Å². The van der Waals surface area contributed by atoms with Crippen LogP contribution in [0.3, 0.4) is 0 Å². The molecule has 4 rings (SSSR count). The highest BCUT2D eigenvalue weighted by atomic mass is 16.7. The van der Waals surface area contributed by atoms with E-state index in [1.165, 1.54) is 0 Å². The van der Waals surface area contributed by atoms with Gasteiger partial charge in [0.25, 0.3) is 0 Å². The van der Waals surface area contributed by atoms with Crippen LogP contribution in [0.1, 0.15) is 5.56 Å². The van der Waals surface area contributed by atoms with Gasteiger partial charge in [0.05, 0.1) is 25.7 Å². The van der Waals surface area contributed by atoms with Crippen molar-refractivity contribution >= 4 is 10.9 Å². The lowest BCUT2D eigenvalue weighted by Crippen LogP contribution is -2.62. The molecule has 0 spiro atoms. The van der Waals surface area contributed by atoms with Crippen LogP contribution in [0.5, 0.6) is 5.75 Å². The molecule has 10 atom stereocenters. The Morgan fingerprint density at radius 2 is 1.54 bits per heavy atom. The number of nitriles is 1. The van der Waals surface area contributed by atoms with E-state index in [-0.39, 0.29) is 12.2 Å². The van der Waals surface area contributed by atoms with E-state index in [9.17, 15) is 35.7 Å². The number of aliphatic hydroxyl groups is 7. The Balaban J connectivity index is 1.48. The number of fused-ring (bicyclic) bond motifs is 1. The predicted octanol–water partition coefficient (Wildman–Crippen LogP) is -2.76. The zero-order chi connectivity index (χ0) is 25.3. The summed E-state index contributed by atoms with van der Waals surface area (Å²) in [7, 11) is 0. The summed E-state index contributed by atoms with van der Waals surface area (Å²) >= 11 is 0. The lowest BCUT2D eigenvalue weighted by molar-refractivity contribution is -0.323. The summed E-state index contributed by atoms with van der Waals surface area (Å²) in [6.07, 6.45) is -13.4. The zero-order valence-electron chi connectivity index (χ0n) is 18.4. The van der Waals surface area contributed by atoms with E-state index in [1.807, 2.05) is 0 Å². The van der Waals surface area contributed by atoms with Gasteiger partial charge in [0.15, 0.2) is 6.29 Å². The molecule has 0 aliphatic carbocycles. The summed E-state index contributed by atoms with van der Waals surface area (Å²) in [5, 5.41) is 80.1. The summed E-state index contributed by atoms with van der Waals surface area (Å²) in [6, 6.07) is 7.12. The summed E-state index contributed by atoms with van der Waals surface area (Å²) < 4.78 is 22.2. The van der Waals surface area contributed by atoms with Crippen LogP contribution in [0.2, 0.25) is 0 Å². The van der Waals surface area contributed by atoms with Crippen LogP contribution in [-0.4, -0.2) is 115 Å². The molecule has 2 fully saturated rings. The maximum atomic E-state index is 10.5. The second-order valence-corrected chi connectivity index (χ2v) is 8.49. The number of aromatic amines is 1. The average molecular weight is 496 g/mol. The third-order valence-electron chi connectivity index (χ3n) is 6.20. The molecule has 13 nitrogen and oxygen atoms in total. The number of ether oxygens (including phenoxy) is 4. The molecule has 2 aromatic rings. The highest BCUT2D eigenvalue weighted by Crippen LogP contribution is 2.32. The Hall–Kier alpha value is -2.35. The van der Waals surface area contributed by atoms with E-state index < -0.39 is 74.6 Å². The smallest absolute Gasteiger partial charge is 0.229 e. The van der Waals surface area contributed by atoms with Crippen molar-refractivity contribution in [2.45, 2.75) is 67.8 Å². The fourth-order valence-corrected chi connectivity index (χ4v) is 4.21. The quantitative estimate of drug-likeness (QED) is 0.195. The average Bonchev–Trinajstić information content (AvgIpc) is 3.27. The second kappa shape index (κ2) is 10.7. The van der Waals surface area contributed by atoms with Gasteiger partial charge in [-0.1, -0.05) is 6.07 Å². The Morgan fingerprint density at radius 1 is 0.886 bits per heavy atom. The molecular weight excluding hydrogens is 468 g/mol. The van der Waals surface area contributed by atoms with Gasteiger partial charge in [-0.25, -0.2) is 0 Å². The first-order valence-electron chi connectivity index (χ1n) is 11.0. The van der Waals surface area contributed by atoms with Crippen molar-refractivity contribution in [3.05, 3.63) is 30.0 Å². The fraction of sp³-hybridized carbons (Fsp3) is 0.591. The van der Waals surface area contributed by atoms with Crippen LogP contribution < -0.4 is 4.74 Å². The van der Waals surface area contributed by atoms with Gasteiger partial charge < -0.3 is 59.7 Å². The van der Waals surface area contributed by atoms with E-state index >= 15 is 0 Å². The minimum absolute atomic E-state index is 0.103. The van der Waals surface area contributed by atoms with Gasteiger partial charge in [0.1, 0.15) is 54.6 Å². The van der Waals surface area contributed by atoms with Crippen LogP contribution >= 0.6 is 0 Å². The molecule has 1 aromatic carbocycles. The molecule has 1 aromatic heterocycles. The number of hydrogen-bond acceptors (Lipinski definition) is 12. The third-order valence-corrected chi connectivity index (χ3v) is 6.20. The minimum atomic E-state index is -1.68. The van der Waals surface area contributed by atoms with Gasteiger partial charge >= 0.3 is 0 Å². The Bertz CT molecular complexity index is 1040. The summed E-state index contributed by atoms with van der Waals surface area (Å²) in [5.74, 6) is 0.273. The monoisotopic (exact) mass is 496 g/mol. The van der Waals surface area contributed by atoms with E-state index in [4.69, 9.17) is 24.2 Å². The topological polar surface area (TPSA) is 218 Å². The van der Waals surface area contributed by atoms with Gasteiger partial charge in [-0.05, 0) is 17.7 Å². The maximum Gasteiger partial charge on any atom is 0.229 e. The first-order chi connectivity index (χ1) is 16.8. The molecular formula is C22H28N2O11. The predicted molar refractivity (Wildman–Crippen MR) is 115 cm³/mol. The van der Waals surface area contributed by atoms with Crippen molar-refractivity contribution in [2.24, 2.45) is 0 Å². The van der Waals surface area contributed by atoms with Crippen molar-refractivity contribution in [2.75, 3.05) is 13.2 Å². The number of nitrogens with zero attached hydrogens (tertiary/aromatic N) is 1. The number of benzene rings is 1. The van der Waals surface area contributed by atoms with Crippen molar-refractivity contribution in [1.29, 1.82) is 5.26 Å². The lowest BCUT2D eigenvalue weighted by atomic mass is 9.98. The van der Waals surface area contributed by atoms with E-state index in [0.717, 1.165) is 0 Å². The number of H-pyrrole nitrogens is 1. The summed E-state index contributed by atoms with van der Waals surface area (Å²) in [5.41, 5.74) is 1.34. The number of nitrogens with one attached hydrogen (secondary N) is 1. The molecule has 0 amide bonds. The van der Waals surface area contributed by atoms with Gasteiger partial charge in [0.2, 0.25) is 6.29 Å². The molecule has 0 radical (unpaired) electrons. The molecule has 2 aliphatic rings. The highest BCUT2D eigenvalue weighted by Gasteiger charge is 2.48. The largest absolute Gasteiger partial charge is 0.461 e.